The van der Waals surface area contributed by atoms with Crippen LogP contribution in [-0.4, -0.2) is 19.5 Å². The van der Waals surface area contributed by atoms with E-state index in [-0.39, 0.29) is 10.5 Å². The van der Waals surface area contributed by atoms with Gasteiger partial charge < -0.3 is 5.11 Å². The first kappa shape index (κ1) is 16.5. The van der Waals surface area contributed by atoms with Crippen molar-refractivity contribution >= 4 is 37.6 Å². The van der Waals surface area contributed by atoms with E-state index in [1.54, 1.807) is 44.2 Å². The van der Waals surface area contributed by atoms with Crippen molar-refractivity contribution in [1.29, 1.82) is 0 Å². The summed E-state index contributed by atoms with van der Waals surface area (Å²) in [7, 11) is -3.86. The molecule has 2 rings (SSSR count). The number of sulfonamides is 1. The number of aromatic carboxylic acids is 1. The zero-order valence-electron chi connectivity index (χ0n) is 11.9. The summed E-state index contributed by atoms with van der Waals surface area (Å²) < 4.78 is 28.2. The topological polar surface area (TPSA) is 83.5 Å². The summed E-state index contributed by atoms with van der Waals surface area (Å²) in [5, 5.41) is 9.15. The van der Waals surface area contributed by atoms with E-state index in [2.05, 4.69) is 20.7 Å². The predicted molar refractivity (Wildman–Crippen MR) is 87.8 cm³/mol. The molecule has 7 heteroatoms. The van der Waals surface area contributed by atoms with Crippen LogP contribution in [0.4, 0.5) is 5.69 Å². The van der Waals surface area contributed by atoms with Crippen molar-refractivity contribution in [1.82, 2.24) is 0 Å². The molecule has 0 saturated heterocycles. The van der Waals surface area contributed by atoms with Crippen LogP contribution >= 0.6 is 15.9 Å². The van der Waals surface area contributed by atoms with E-state index in [1.807, 2.05) is 0 Å². The van der Waals surface area contributed by atoms with Crippen LogP contribution in [0, 0.1) is 13.8 Å². The Kier molecular flexibility index (Phi) is 4.58. The molecular formula is C15H14BrNO4S. The smallest absolute Gasteiger partial charge is 0.335 e. The molecule has 0 saturated carbocycles. The largest absolute Gasteiger partial charge is 0.478 e. The zero-order valence-corrected chi connectivity index (χ0v) is 14.3. The van der Waals surface area contributed by atoms with Crippen molar-refractivity contribution in [2.75, 3.05) is 4.72 Å². The molecule has 0 spiro atoms. The highest BCUT2D eigenvalue weighted by molar-refractivity contribution is 9.10. The van der Waals surface area contributed by atoms with E-state index >= 15 is 0 Å². The maximum atomic E-state index is 12.5. The summed E-state index contributed by atoms with van der Waals surface area (Å²) in [5.74, 6) is -1.16. The van der Waals surface area contributed by atoms with E-state index in [0.717, 1.165) is 4.47 Å². The van der Waals surface area contributed by atoms with Gasteiger partial charge in [0.1, 0.15) is 0 Å². The highest BCUT2D eigenvalue weighted by Gasteiger charge is 2.20. The minimum Gasteiger partial charge on any atom is -0.478 e. The molecule has 0 radical (unpaired) electrons. The molecule has 0 fully saturated rings. The van der Waals surface area contributed by atoms with E-state index in [1.165, 1.54) is 6.07 Å². The number of carboxylic acid groups (broad SMARTS) is 1. The molecule has 0 atom stereocenters. The Hall–Kier alpha value is -1.86. The summed E-state index contributed by atoms with van der Waals surface area (Å²) in [6.45, 7) is 3.27. The van der Waals surface area contributed by atoms with Gasteiger partial charge in [-0.3, -0.25) is 4.72 Å². The molecule has 0 amide bonds. The minimum absolute atomic E-state index is 0.0261. The molecule has 2 aromatic carbocycles. The Bertz CT molecular complexity index is 829. The normalized spacial score (nSPS) is 11.2. The fraction of sp³-hybridized carbons (Fsp3) is 0.133. The van der Waals surface area contributed by atoms with Gasteiger partial charge in [0.25, 0.3) is 10.0 Å². The molecule has 2 N–H and O–H groups in total. The van der Waals surface area contributed by atoms with Crippen molar-refractivity contribution in [2.45, 2.75) is 18.7 Å². The fourth-order valence-corrected chi connectivity index (χ4v) is 3.66. The van der Waals surface area contributed by atoms with E-state index in [4.69, 9.17) is 5.11 Å². The molecule has 0 aromatic heterocycles. The van der Waals surface area contributed by atoms with Crippen LogP contribution in [-0.2, 0) is 10.0 Å². The maximum absolute atomic E-state index is 12.5. The monoisotopic (exact) mass is 383 g/mol. The zero-order chi connectivity index (χ0) is 16.5. The van der Waals surface area contributed by atoms with Crippen LogP contribution in [0.3, 0.4) is 0 Å². The van der Waals surface area contributed by atoms with Crippen LogP contribution in [0.25, 0.3) is 0 Å². The first-order valence-corrected chi connectivity index (χ1v) is 8.61. The van der Waals surface area contributed by atoms with Crippen LogP contribution < -0.4 is 4.72 Å². The van der Waals surface area contributed by atoms with Crippen molar-refractivity contribution in [3.05, 3.63) is 57.6 Å². The SMILES string of the molecule is Cc1cc(C)c(S(=O)(=O)Nc2ccc(Br)cc2)cc1C(=O)O. The van der Waals surface area contributed by atoms with Crippen molar-refractivity contribution in [3.8, 4) is 0 Å². The number of benzene rings is 2. The number of anilines is 1. The van der Waals surface area contributed by atoms with Gasteiger partial charge in [0, 0.05) is 10.2 Å². The lowest BCUT2D eigenvalue weighted by Crippen LogP contribution is -2.15. The number of aryl methyl sites for hydroxylation is 2. The van der Waals surface area contributed by atoms with Gasteiger partial charge in [-0.1, -0.05) is 22.0 Å². The van der Waals surface area contributed by atoms with Crippen molar-refractivity contribution in [2.24, 2.45) is 0 Å². The Balaban J connectivity index is 2.47. The second-order valence-electron chi connectivity index (χ2n) is 4.85. The average Bonchev–Trinajstić information content (AvgIpc) is 2.40. The third-order valence-corrected chi connectivity index (χ3v) is 5.19. The maximum Gasteiger partial charge on any atom is 0.335 e. The number of rotatable bonds is 4. The lowest BCUT2D eigenvalue weighted by molar-refractivity contribution is 0.0696. The third kappa shape index (κ3) is 3.48. The van der Waals surface area contributed by atoms with Gasteiger partial charge in [0.15, 0.2) is 0 Å². The Morgan fingerprint density at radius 3 is 2.23 bits per heavy atom. The molecule has 0 unspecified atom stereocenters. The molecule has 22 heavy (non-hydrogen) atoms. The molecule has 116 valence electrons. The van der Waals surface area contributed by atoms with E-state index in [9.17, 15) is 13.2 Å². The molecule has 0 aliphatic carbocycles. The van der Waals surface area contributed by atoms with Gasteiger partial charge in [-0.25, -0.2) is 13.2 Å². The molecule has 2 aromatic rings. The lowest BCUT2D eigenvalue weighted by Gasteiger charge is -2.12. The number of hydrogen-bond acceptors (Lipinski definition) is 3. The van der Waals surface area contributed by atoms with Gasteiger partial charge in [-0.05, 0) is 55.3 Å². The van der Waals surface area contributed by atoms with Crippen molar-refractivity contribution < 1.29 is 18.3 Å². The number of halogens is 1. The van der Waals surface area contributed by atoms with Gasteiger partial charge in [-0.15, -0.1) is 0 Å². The first-order chi connectivity index (χ1) is 10.2. The highest BCUT2D eigenvalue weighted by atomic mass is 79.9. The van der Waals surface area contributed by atoms with Crippen LogP contribution in [0.1, 0.15) is 21.5 Å². The number of carbonyl (C=O) groups is 1. The summed E-state index contributed by atoms with van der Waals surface area (Å²) >= 11 is 3.27. The van der Waals surface area contributed by atoms with Gasteiger partial charge in [0.2, 0.25) is 0 Å². The van der Waals surface area contributed by atoms with Gasteiger partial charge in [-0.2, -0.15) is 0 Å². The Labute approximate surface area is 137 Å². The standard InChI is InChI=1S/C15H14BrNO4S/c1-9-7-10(2)14(8-13(9)15(18)19)22(20,21)17-12-5-3-11(16)4-6-12/h3-8,17H,1-2H3,(H,18,19). The lowest BCUT2D eigenvalue weighted by atomic mass is 10.1. The Morgan fingerprint density at radius 1 is 1.09 bits per heavy atom. The number of hydrogen-bond donors (Lipinski definition) is 2. The third-order valence-electron chi connectivity index (χ3n) is 3.14. The average molecular weight is 384 g/mol. The van der Waals surface area contributed by atoms with Crippen molar-refractivity contribution in [3.63, 3.8) is 0 Å². The summed E-state index contributed by atoms with van der Waals surface area (Å²) in [5.41, 5.74) is 1.39. The second kappa shape index (κ2) is 6.10. The first-order valence-electron chi connectivity index (χ1n) is 6.33. The minimum atomic E-state index is -3.86. The summed E-state index contributed by atoms with van der Waals surface area (Å²) in [6, 6.07) is 9.39. The highest BCUT2D eigenvalue weighted by Crippen LogP contribution is 2.24. The number of carboxylic acids is 1. The van der Waals surface area contributed by atoms with E-state index in [0.29, 0.717) is 16.8 Å². The molecule has 0 aliphatic heterocycles. The molecule has 0 heterocycles. The molecule has 0 bridgehead atoms. The van der Waals surface area contributed by atoms with E-state index < -0.39 is 16.0 Å². The van der Waals surface area contributed by atoms with Crippen LogP contribution in [0.5, 0.6) is 0 Å². The predicted octanol–water partition coefficient (Wildman–Crippen LogP) is 3.56. The fourth-order valence-electron chi connectivity index (χ4n) is 2.08. The quantitative estimate of drug-likeness (QED) is 0.844. The number of nitrogens with one attached hydrogen (secondary N) is 1. The molecule has 5 nitrogen and oxygen atoms in total. The van der Waals surface area contributed by atoms with Crippen LogP contribution in [0.2, 0.25) is 0 Å². The summed E-state index contributed by atoms with van der Waals surface area (Å²) in [4.78, 5) is 11.1. The summed E-state index contributed by atoms with van der Waals surface area (Å²) in [6.07, 6.45) is 0. The molecular weight excluding hydrogens is 370 g/mol. The second-order valence-corrected chi connectivity index (χ2v) is 7.42. The molecule has 0 aliphatic rings. The van der Waals surface area contributed by atoms with Crippen LogP contribution in [0.15, 0.2) is 45.8 Å². The Morgan fingerprint density at radius 2 is 1.68 bits per heavy atom. The van der Waals surface area contributed by atoms with Gasteiger partial charge in [0.05, 0.1) is 10.5 Å². The van der Waals surface area contributed by atoms with Gasteiger partial charge >= 0.3 is 5.97 Å².